The first-order valence-electron chi connectivity index (χ1n) is 6.20. The lowest BCUT2D eigenvalue weighted by molar-refractivity contribution is 0.396. The van der Waals surface area contributed by atoms with Gasteiger partial charge in [-0.25, -0.2) is 4.68 Å². The first-order chi connectivity index (χ1) is 8.56. The lowest BCUT2D eigenvalue weighted by Gasteiger charge is -2.11. The molecule has 0 bridgehead atoms. The molecule has 0 aliphatic rings. The van der Waals surface area contributed by atoms with Crippen LogP contribution in [0.1, 0.15) is 19.8 Å². The molecular formula is C12H21BrN4O. The van der Waals surface area contributed by atoms with Crippen molar-refractivity contribution in [2.75, 3.05) is 32.5 Å². The number of aryl methyl sites for hydroxylation is 1. The third kappa shape index (κ3) is 4.42. The molecule has 0 unspecified atom stereocenters. The molecule has 0 radical (unpaired) electrons. The summed E-state index contributed by atoms with van der Waals surface area (Å²) in [6.07, 6.45) is 3.90. The molecule has 0 fully saturated rings. The van der Waals surface area contributed by atoms with Crippen molar-refractivity contribution in [2.45, 2.75) is 26.3 Å². The van der Waals surface area contributed by atoms with E-state index in [0.717, 1.165) is 31.6 Å². The topological polar surface area (TPSA) is 50.2 Å². The van der Waals surface area contributed by atoms with Gasteiger partial charge in [0, 0.05) is 13.1 Å². The number of nitrogens with one attached hydrogen (secondary N) is 1. The second kappa shape index (κ2) is 7.53. The highest BCUT2D eigenvalue weighted by atomic mass is 79.9. The Morgan fingerprint density at radius 3 is 2.78 bits per heavy atom. The Labute approximate surface area is 116 Å². The Morgan fingerprint density at radius 1 is 1.44 bits per heavy atom. The minimum atomic E-state index is -0.0872. The number of nitrogens with zero attached hydrogens (tertiary/aromatic N) is 3. The second-order valence-corrected chi connectivity index (χ2v) is 5.22. The van der Waals surface area contributed by atoms with Crippen LogP contribution in [-0.4, -0.2) is 41.9 Å². The van der Waals surface area contributed by atoms with Crippen LogP contribution in [0.3, 0.4) is 0 Å². The van der Waals surface area contributed by atoms with Gasteiger partial charge in [-0.05, 0) is 56.3 Å². The van der Waals surface area contributed by atoms with Crippen LogP contribution in [0, 0.1) is 0 Å². The molecule has 5 nitrogen and oxygen atoms in total. The quantitative estimate of drug-likeness (QED) is 0.779. The monoisotopic (exact) mass is 316 g/mol. The van der Waals surface area contributed by atoms with Gasteiger partial charge in [-0.2, -0.15) is 5.10 Å². The van der Waals surface area contributed by atoms with Gasteiger partial charge in [0.15, 0.2) is 0 Å². The van der Waals surface area contributed by atoms with Gasteiger partial charge >= 0.3 is 0 Å². The minimum absolute atomic E-state index is 0.0872. The SMILES string of the molecule is CCn1ncc(NCCCCN(C)C)c(Br)c1=O. The molecular weight excluding hydrogens is 296 g/mol. The first kappa shape index (κ1) is 15.2. The van der Waals surface area contributed by atoms with Gasteiger partial charge in [0.1, 0.15) is 4.47 Å². The summed E-state index contributed by atoms with van der Waals surface area (Å²) < 4.78 is 1.99. The van der Waals surface area contributed by atoms with Crippen molar-refractivity contribution in [1.29, 1.82) is 0 Å². The summed E-state index contributed by atoms with van der Waals surface area (Å²) in [6, 6.07) is 0. The second-order valence-electron chi connectivity index (χ2n) is 4.43. The first-order valence-corrected chi connectivity index (χ1v) is 6.99. The molecule has 1 rings (SSSR count). The Bertz CT molecular complexity index is 431. The Hall–Kier alpha value is -0.880. The summed E-state index contributed by atoms with van der Waals surface area (Å²) in [4.78, 5) is 14.0. The Morgan fingerprint density at radius 2 is 2.17 bits per heavy atom. The molecule has 18 heavy (non-hydrogen) atoms. The van der Waals surface area contributed by atoms with Crippen LogP contribution in [0.2, 0.25) is 0 Å². The average molecular weight is 317 g/mol. The van der Waals surface area contributed by atoms with Gasteiger partial charge in [-0.3, -0.25) is 4.79 Å². The zero-order valence-electron chi connectivity index (χ0n) is 11.2. The highest BCUT2D eigenvalue weighted by Crippen LogP contribution is 2.15. The number of unbranched alkanes of at least 4 members (excludes halogenated alkanes) is 1. The average Bonchev–Trinajstić information content (AvgIpc) is 2.33. The third-order valence-electron chi connectivity index (χ3n) is 2.63. The predicted molar refractivity (Wildman–Crippen MR) is 78.1 cm³/mol. The van der Waals surface area contributed by atoms with Crippen LogP contribution < -0.4 is 10.9 Å². The maximum absolute atomic E-state index is 11.8. The molecule has 0 amide bonds. The van der Waals surface area contributed by atoms with E-state index < -0.39 is 0 Å². The summed E-state index contributed by atoms with van der Waals surface area (Å²) >= 11 is 3.32. The van der Waals surface area contributed by atoms with E-state index in [0.29, 0.717) is 11.0 Å². The summed E-state index contributed by atoms with van der Waals surface area (Å²) in [7, 11) is 4.14. The molecule has 6 heteroatoms. The van der Waals surface area contributed by atoms with Gasteiger partial charge < -0.3 is 10.2 Å². The smallest absolute Gasteiger partial charge is 0.283 e. The van der Waals surface area contributed by atoms with Gasteiger partial charge in [-0.1, -0.05) is 0 Å². The molecule has 1 N–H and O–H groups in total. The molecule has 0 atom stereocenters. The van der Waals surface area contributed by atoms with Crippen LogP contribution in [0.5, 0.6) is 0 Å². The van der Waals surface area contributed by atoms with Crippen LogP contribution >= 0.6 is 15.9 Å². The predicted octanol–water partition coefficient (Wildman–Crippen LogP) is 1.78. The van der Waals surface area contributed by atoms with Crippen molar-refractivity contribution in [3.8, 4) is 0 Å². The van der Waals surface area contributed by atoms with Crippen molar-refractivity contribution in [3.63, 3.8) is 0 Å². The van der Waals surface area contributed by atoms with E-state index in [1.807, 2.05) is 6.92 Å². The van der Waals surface area contributed by atoms with Crippen molar-refractivity contribution in [1.82, 2.24) is 14.7 Å². The lowest BCUT2D eigenvalue weighted by atomic mass is 10.3. The van der Waals surface area contributed by atoms with Crippen LogP contribution in [0.15, 0.2) is 15.5 Å². The molecule has 0 saturated heterocycles. The van der Waals surface area contributed by atoms with Crippen LogP contribution in [0.4, 0.5) is 5.69 Å². The summed E-state index contributed by atoms with van der Waals surface area (Å²) in [6.45, 7) is 4.41. The van der Waals surface area contributed by atoms with Crippen molar-refractivity contribution in [3.05, 3.63) is 21.0 Å². The highest BCUT2D eigenvalue weighted by Gasteiger charge is 2.06. The number of anilines is 1. The minimum Gasteiger partial charge on any atom is -0.383 e. The zero-order chi connectivity index (χ0) is 13.5. The van der Waals surface area contributed by atoms with Crippen LogP contribution in [-0.2, 0) is 6.54 Å². The van der Waals surface area contributed by atoms with E-state index in [4.69, 9.17) is 0 Å². The maximum Gasteiger partial charge on any atom is 0.283 e. The number of aromatic nitrogens is 2. The molecule has 1 aromatic heterocycles. The van der Waals surface area contributed by atoms with Gasteiger partial charge in [0.25, 0.3) is 5.56 Å². The summed E-state index contributed by atoms with van der Waals surface area (Å²) in [5.41, 5.74) is 0.686. The number of halogens is 1. The molecule has 1 heterocycles. The zero-order valence-corrected chi connectivity index (χ0v) is 12.8. The van der Waals surface area contributed by atoms with Crippen LogP contribution in [0.25, 0.3) is 0 Å². The molecule has 102 valence electrons. The summed E-state index contributed by atoms with van der Waals surface area (Å²) in [5.74, 6) is 0. The van der Waals surface area contributed by atoms with Gasteiger partial charge in [0.05, 0.1) is 11.9 Å². The Balaban J connectivity index is 2.48. The number of hydrogen-bond acceptors (Lipinski definition) is 4. The fourth-order valence-electron chi connectivity index (χ4n) is 1.59. The van der Waals surface area contributed by atoms with E-state index in [2.05, 4.69) is 45.3 Å². The lowest BCUT2D eigenvalue weighted by Crippen LogP contribution is -2.23. The number of hydrogen-bond donors (Lipinski definition) is 1. The van der Waals surface area contributed by atoms with Crippen molar-refractivity contribution < 1.29 is 0 Å². The number of rotatable bonds is 7. The highest BCUT2D eigenvalue weighted by molar-refractivity contribution is 9.10. The molecule has 0 aliphatic carbocycles. The molecule has 1 aromatic rings. The van der Waals surface area contributed by atoms with Gasteiger partial charge in [0.2, 0.25) is 0 Å². The van der Waals surface area contributed by atoms with E-state index >= 15 is 0 Å². The normalized spacial score (nSPS) is 10.9. The van der Waals surface area contributed by atoms with E-state index in [1.165, 1.54) is 4.68 Å². The Kier molecular flexibility index (Phi) is 6.35. The maximum atomic E-state index is 11.8. The fraction of sp³-hybridized carbons (Fsp3) is 0.667. The molecule has 0 aromatic carbocycles. The van der Waals surface area contributed by atoms with Gasteiger partial charge in [-0.15, -0.1) is 0 Å². The van der Waals surface area contributed by atoms with E-state index in [9.17, 15) is 4.79 Å². The molecule has 0 spiro atoms. The largest absolute Gasteiger partial charge is 0.383 e. The fourth-order valence-corrected chi connectivity index (χ4v) is 2.04. The van der Waals surface area contributed by atoms with Crippen molar-refractivity contribution in [2.24, 2.45) is 0 Å². The standard InChI is InChI=1S/C12H21BrN4O/c1-4-17-12(18)11(13)10(9-15-17)14-7-5-6-8-16(2)3/h9,14H,4-8H2,1-3H3. The van der Waals surface area contributed by atoms with Crippen molar-refractivity contribution >= 4 is 21.6 Å². The molecule has 0 saturated carbocycles. The third-order valence-corrected chi connectivity index (χ3v) is 3.40. The summed E-state index contributed by atoms with van der Waals surface area (Å²) in [5, 5.41) is 7.33. The van der Waals surface area contributed by atoms with E-state index in [1.54, 1.807) is 6.20 Å². The molecule has 0 aliphatic heterocycles. The van der Waals surface area contributed by atoms with E-state index in [-0.39, 0.29) is 5.56 Å².